The van der Waals surface area contributed by atoms with Crippen LogP contribution in [0.4, 0.5) is 17.8 Å². The number of hydrogen-bond acceptors (Lipinski definition) is 12. The number of benzene rings is 2. The van der Waals surface area contributed by atoms with Gasteiger partial charge in [0.25, 0.3) is 5.56 Å². The minimum Gasteiger partial charge on any atom is -0.493 e. The molecular weight excluding hydrogens is 685 g/mol. The molecule has 2 fully saturated rings. The molecule has 15 nitrogen and oxygen atoms in total. The lowest BCUT2D eigenvalue weighted by molar-refractivity contribution is 0.361. The lowest BCUT2D eigenvalue weighted by Crippen LogP contribution is -2.37. The molecule has 50 heavy (non-hydrogen) atoms. The van der Waals surface area contributed by atoms with Crippen molar-refractivity contribution in [3.05, 3.63) is 78.4 Å². The largest absolute Gasteiger partial charge is 0.493 e. The van der Waals surface area contributed by atoms with Gasteiger partial charge < -0.3 is 19.3 Å². The molecule has 2 saturated heterocycles. The number of halogens is 2. The van der Waals surface area contributed by atoms with Gasteiger partial charge in [-0.3, -0.25) is 18.5 Å². The molecule has 5 heterocycles. The number of methoxy groups -OCH3 is 1. The average molecular weight is 721 g/mol. The van der Waals surface area contributed by atoms with Gasteiger partial charge in [0.2, 0.25) is 17.8 Å². The van der Waals surface area contributed by atoms with Gasteiger partial charge in [-0.25, -0.2) is 10.2 Å². The van der Waals surface area contributed by atoms with Gasteiger partial charge in [-0.15, -0.1) is 0 Å². The first-order valence-corrected chi connectivity index (χ1v) is 17.0. The van der Waals surface area contributed by atoms with Crippen molar-refractivity contribution >= 4 is 58.4 Å². The topological polar surface area (TPSA) is 150 Å². The maximum absolute atomic E-state index is 13.4. The van der Waals surface area contributed by atoms with Crippen LogP contribution >= 0.6 is 23.2 Å². The molecule has 0 spiro atoms. The van der Waals surface area contributed by atoms with Crippen molar-refractivity contribution in [2.75, 3.05) is 48.5 Å². The number of anilines is 3. The predicted molar refractivity (Wildman–Crippen MR) is 193 cm³/mol. The van der Waals surface area contributed by atoms with E-state index in [-0.39, 0.29) is 23.7 Å². The Labute approximate surface area is 296 Å². The van der Waals surface area contributed by atoms with E-state index in [1.54, 1.807) is 54.2 Å². The van der Waals surface area contributed by atoms with Gasteiger partial charge in [-0.1, -0.05) is 29.3 Å². The standard InChI is InChI=1S/C33H35Cl2N11O4/c1-42-27-26(28(47)43(2)33(42)48)46(19-21-9-10-22(34)17-23(21)35)32(37-27)50-24-11-8-20(16-25(24)49-3)18-36-41-29-38-30(44-12-4-5-13-44)40-31(39-29)45-14-6-7-15-45/h8-11,16-18H,4-7,12-15,19H2,1-3H3,(H,38,39,40,41). The van der Waals surface area contributed by atoms with Crippen molar-refractivity contribution in [2.45, 2.75) is 32.2 Å². The molecule has 0 saturated carbocycles. The van der Waals surface area contributed by atoms with E-state index >= 15 is 0 Å². The number of hydrogen-bond donors (Lipinski definition) is 1. The molecule has 0 radical (unpaired) electrons. The number of rotatable bonds is 10. The highest BCUT2D eigenvalue weighted by molar-refractivity contribution is 6.35. The molecular formula is C33H35Cl2N11O4. The summed E-state index contributed by atoms with van der Waals surface area (Å²) in [7, 11) is 4.47. The summed E-state index contributed by atoms with van der Waals surface area (Å²) in [5.41, 5.74) is 3.63. The van der Waals surface area contributed by atoms with E-state index in [0.717, 1.165) is 56.4 Å². The van der Waals surface area contributed by atoms with Crippen LogP contribution in [0, 0.1) is 0 Å². The molecule has 17 heteroatoms. The third-order valence-corrected chi connectivity index (χ3v) is 9.40. The number of fused-ring (bicyclic) bond motifs is 1. The summed E-state index contributed by atoms with van der Waals surface area (Å²) >= 11 is 12.6. The van der Waals surface area contributed by atoms with Crippen LogP contribution in [-0.2, 0) is 20.6 Å². The van der Waals surface area contributed by atoms with Crippen molar-refractivity contribution in [1.82, 2.24) is 33.6 Å². The number of aryl methyl sites for hydroxylation is 1. The van der Waals surface area contributed by atoms with Crippen LogP contribution in [0.15, 0.2) is 51.1 Å². The van der Waals surface area contributed by atoms with Crippen LogP contribution in [0.5, 0.6) is 17.5 Å². The minimum atomic E-state index is -0.528. The molecule has 3 aromatic heterocycles. The molecule has 2 aliphatic heterocycles. The fraction of sp³-hybridized carbons (Fsp3) is 0.364. The van der Waals surface area contributed by atoms with Crippen LogP contribution in [0.3, 0.4) is 0 Å². The molecule has 0 bridgehead atoms. The monoisotopic (exact) mass is 719 g/mol. The Hall–Kier alpha value is -5.15. The highest BCUT2D eigenvalue weighted by Gasteiger charge is 2.24. The Balaban J connectivity index is 1.17. The molecule has 5 aromatic rings. The molecule has 1 N–H and O–H groups in total. The lowest BCUT2D eigenvalue weighted by atomic mass is 10.2. The maximum Gasteiger partial charge on any atom is 0.332 e. The smallest absolute Gasteiger partial charge is 0.332 e. The predicted octanol–water partition coefficient (Wildman–Crippen LogP) is 4.42. The molecule has 2 aliphatic rings. The van der Waals surface area contributed by atoms with Crippen LogP contribution in [-0.4, -0.2) is 73.1 Å². The Bertz CT molecular complexity index is 2190. The number of ether oxygens (including phenoxy) is 2. The van der Waals surface area contributed by atoms with E-state index in [4.69, 9.17) is 37.7 Å². The Morgan fingerprint density at radius 2 is 1.54 bits per heavy atom. The van der Waals surface area contributed by atoms with E-state index in [1.807, 2.05) is 0 Å². The van der Waals surface area contributed by atoms with Gasteiger partial charge in [0.05, 0.1) is 19.9 Å². The highest BCUT2D eigenvalue weighted by Crippen LogP contribution is 2.34. The Kier molecular flexibility index (Phi) is 9.33. The number of aromatic nitrogens is 7. The Morgan fingerprint density at radius 1 is 0.860 bits per heavy atom. The quantitative estimate of drug-likeness (QED) is 0.161. The minimum absolute atomic E-state index is 0.0585. The van der Waals surface area contributed by atoms with E-state index in [1.165, 1.54) is 18.7 Å². The molecule has 7 rings (SSSR count). The first kappa shape index (κ1) is 33.4. The molecule has 260 valence electrons. The van der Waals surface area contributed by atoms with Gasteiger partial charge >= 0.3 is 11.7 Å². The zero-order valence-electron chi connectivity index (χ0n) is 27.8. The number of hydrazone groups is 1. The summed E-state index contributed by atoms with van der Waals surface area (Å²) in [6, 6.07) is 10.4. The third kappa shape index (κ3) is 6.57. The van der Waals surface area contributed by atoms with Gasteiger partial charge in [0.15, 0.2) is 22.7 Å². The lowest BCUT2D eigenvalue weighted by Gasteiger charge is -2.20. The zero-order valence-corrected chi connectivity index (χ0v) is 29.3. The highest BCUT2D eigenvalue weighted by atomic mass is 35.5. The summed E-state index contributed by atoms with van der Waals surface area (Å²) in [5, 5.41) is 5.28. The number of nitrogens with one attached hydrogen (secondary N) is 1. The second-order valence-electron chi connectivity index (χ2n) is 12.1. The van der Waals surface area contributed by atoms with Crippen molar-refractivity contribution in [2.24, 2.45) is 19.2 Å². The fourth-order valence-electron chi connectivity index (χ4n) is 6.10. The van der Waals surface area contributed by atoms with E-state index in [9.17, 15) is 9.59 Å². The van der Waals surface area contributed by atoms with Gasteiger partial charge in [-0.2, -0.15) is 25.0 Å². The van der Waals surface area contributed by atoms with Crippen molar-refractivity contribution in [1.29, 1.82) is 0 Å². The third-order valence-electron chi connectivity index (χ3n) is 8.81. The maximum atomic E-state index is 13.4. The van der Waals surface area contributed by atoms with Gasteiger partial charge in [0, 0.05) is 50.3 Å². The summed E-state index contributed by atoms with van der Waals surface area (Å²) in [6.45, 7) is 3.78. The zero-order chi connectivity index (χ0) is 34.9. The van der Waals surface area contributed by atoms with E-state index in [0.29, 0.717) is 50.5 Å². The second kappa shape index (κ2) is 14.0. The average Bonchev–Trinajstić information content (AvgIpc) is 3.91. The van der Waals surface area contributed by atoms with Crippen LogP contribution in [0.25, 0.3) is 11.2 Å². The van der Waals surface area contributed by atoms with Gasteiger partial charge in [-0.05, 0) is 67.1 Å². The summed E-state index contributed by atoms with van der Waals surface area (Å²) in [6.07, 6.45) is 6.07. The van der Waals surface area contributed by atoms with Crippen molar-refractivity contribution < 1.29 is 9.47 Å². The SMILES string of the molecule is COc1cc(C=NNc2nc(N3CCCC3)nc(N3CCCC3)n2)ccc1Oc1nc2c(c(=O)n(C)c(=O)n2C)n1Cc1ccc(Cl)cc1Cl. The molecule has 0 aliphatic carbocycles. The number of imidazole rings is 1. The summed E-state index contributed by atoms with van der Waals surface area (Å²) in [5.74, 6) is 2.38. The Morgan fingerprint density at radius 3 is 2.18 bits per heavy atom. The first-order chi connectivity index (χ1) is 24.2. The van der Waals surface area contributed by atoms with Gasteiger partial charge in [0.1, 0.15) is 0 Å². The van der Waals surface area contributed by atoms with Crippen molar-refractivity contribution in [3.8, 4) is 17.5 Å². The molecule has 0 amide bonds. The van der Waals surface area contributed by atoms with Crippen molar-refractivity contribution in [3.63, 3.8) is 0 Å². The first-order valence-electron chi connectivity index (χ1n) is 16.2. The van der Waals surface area contributed by atoms with Crippen LogP contribution < -0.4 is 35.9 Å². The van der Waals surface area contributed by atoms with Crippen LogP contribution in [0.1, 0.15) is 36.8 Å². The van der Waals surface area contributed by atoms with E-state index < -0.39 is 11.2 Å². The summed E-state index contributed by atoms with van der Waals surface area (Å²) in [4.78, 5) is 49.1. The number of nitrogens with zero attached hydrogens (tertiary/aromatic N) is 10. The second-order valence-corrected chi connectivity index (χ2v) is 13.0. The fourth-order valence-corrected chi connectivity index (χ4v) is 6.57. The van der Waals surface area contributed by atoms with E-state index in [2.05, 4.69) is 35.3 Å². The molecule has 0 atom stereocenters. The van der Waals surface area contributed by atoms with Crippen LogP contribution in [0.2, 0.25) is 10.0 Å². The molecule has 2 aromatic carbocycles. The molecule has 0 unspecified atom stereocenters. The summed E-state index contributed by atoms with van der Waals surface area (Å²) < 4.78 is 15.9. The normalized spacial score (nSPS) is 14.7.